The van der Waals surface area contributed by atoms with Gasteiger partial charge in [0.05, 0.1) is 17.8 Å². The van der Waals surface area contributed by atoms with Gasteiger partial charge in [0.15, 0.2) is 0 Å². The second-order valence-electron chi connectivity index (χ2n) is 3.33. The van der Waals surface area contributed by atoms with Crippen molar-refractivity contribution in [2.24, 2.45) is 0 Å². The van der Waals surface area contributed by atoms with Crippen molar-refractivity contribution in [1.82, 2.24) is 10.3 Å². The van der Waals surface area contributed by atoms with E-state index >= 15 is 0 Å². The Morgan fingerprint density at radius 1 is 1.53 bits per heavy atom. The van der Waals surface area contributed by atoms with Gasteiger partial charge in [0.2, 0.25) is 0 Å². The van der Waals surface area contributed by atoms with Gasteiger partial charge in [-0.1, -0.05) is 18.2 Å². The van der Waals surface area contributed by atoms with Crippen LogP contribution in [0.4, 0.5) is 0 Å². The summed E-state index contributed by atoms with van der Waals surface area (Å²) in [7, 11) is 0. The summed E-state index contributed by atoms with van der Waals surface area (Å²) in [5, 5.41) is 11.6. The van der Waals surface area contributed by atoms with E-state index in [1.807, 2.05) is 0 Å². The molecule has 5 nitrogen and oxygen atoms in total. The maximum Gasteiger partial charge on any atom is 0.337 e. The molecule has 1 heterocycles. The number of carboxylic acid groups (broad SMARTS) is 1. The quantitative estimate of drug-likeness (QED) is 0.855. The number of halogens is 1. The number of aryl methyl sites for hydroxylation is 1. The highest BCUT2D eigenvalue weighted by Gasteiger charge is 2.12. The van der Waals surface area contributed by atoms with E-state index in [2.05, 4.69) is 16.9 Å². The number of carbonyl (C=O) groups is 2. The fourth-order valence-corrected chi connectivity index (χ4v) is 1.25. The third-order valence-electron chi connectivity index (χ3n) is 1.99. The van der Waals surface area contributed by atoms with Gasteiger partial charge in [0.25, 0.3) is 5.91 Å². The molecule has 90 valence electrons. The number of carboxylic acids is 1. The number of rotatable bonds is 4. The lowest BCUT2D eigenvalue weighted by atomic mass is 10.2. The smallest absolute Gasteiger partial charge is 0.337 e. The van der Waals surface area contributed by atoms with Gasteiger partial charge in [-0.25, -0.2) is 9.78 Å². The molecular formula is C11H11ClN2O3. The Morgan fingerprint density at radius 2 is 2.18 bits per heavy atom. The van der Waals surface area contributed by atoms with Crippen LogP contribution in [0, 0.1) is 6.92 Å². The monoisotopic (exact) mass is 254 g/mol. The first kappa shape index (κ1) is 13.2. The van der Waals surface area contributed by atoms with Gasteiger partial charge >= 0.3 is 5.97 Å². The SMILES string of the molecule is C=C(Cl)CNC(=O)c1ccc(C(=O)O)c(C)n1. The number of pyridine rings is 1. The molecule has 0 saturated carbocycles. The van der Waals surface area contributed by atoms with Gasteiger partial charge < -0.3 is 10.4 Å². The van der Waals surface area contributed by atoms with Crippen LogP contribution in [-0.4, -0.2) is 28.5 Å². The summed E-state index contributed by atoms with van der Waals surface area (Å²) < 4.78 is 0. The number of aromatic nitrogens is 1. The topological polar surface area (TPSA) is 79.3 Å². The zero-order valence-corrected chi connectivity index (χ0v) is 9.91. The highest BCUT2D eigenvalue weighted by atomic mass is 35.5. The average Bonchev–Trinajstić information content (AvgIpc) is 2.25. The van der Waals surface area contributed by atoms with Crippen LogP contribution in [-0.2, 0) is 0 Å². The first-order chi connectivity index (χ1) is 7.91. The minimum absolute atomic E-state index is 0.0725. The summed E-state index contributed by atoms with van der Waals surface area (Å²) in [4.78, 5) is 26.2. The molecule has 0 aliphatic heterocycles. The van der Waals surface area contributed by atoms with E-state index < -0.39 is 11.9 Å². The minimum atomic E-state index is -1.07. The van der Waals surface area contributed by atoms with Crippen molar-refractivity contribution in [2.45, 2.75) is 6.92 Å². The lowest BCUT2D eigenvalue weighted by Gasteiger charge is -2.05. The lowest BCUT2D eigenvalue weighted by molar-refractivity contribution is 0.0694. The Bertz CT molecular complexity index is 486. The number of nitrogens with one attached hydrogen (secondary N) is 1. The van der Waals surface area contributed by atoms with Gasteiger partial charge in [0, 0.05) is 5.03 Å². The van der Waals surface area contributed by atoms with Crippen molar-refractivity contribution in [3.63, 3.8) is 0 Å². The van der Waals surface area contributed by atoms with Crippen molar-refractivity contribution < 1.29 is 14.7 Å². The molecule has 17 heavy (non-hydrogen) atoms. The molecule has 1 amide bonds. The fraction of sp³-hybridized carbons (Fsp3) is 0.182. The second kappa shape index (κ2) is 5.45. The van der Waals surface area contributed by atoms with E-state index in [0.717, 1.165) is 0 Å². The molecule has 0 radical (unpaired) electrons. The van der Waals surface area contributed by atoms with Crippen molar-refractivity contribution in [1.29, 1.82) is 0 Å². The summed E-state index contributed by atoms with van der Waals surface area (Å²) >= 11 is 5.50. The predicted molar refractivity (Wildman–Crippen MR) is 63.3 cm³/mol. The van der Waals surface area contributed by atoms with E-state index in [-0.39, 0.29) is 23.5 Å². The molecule has 2 N–H and O–H groups in total. The molecule has 6 heteroatoms. The molecule has 0 aliphatic carbocycles. The average molecular weight is 255 g/mol. The van der Waals surface area contributed by atoms with E-state index in [1.54, 1.807) is 0 Å². The number of aromatic carboxylic acids is 1. The van der Waals surface area contributed by atoms with Crippen molar-refractivity contribution in [3.05, 3.63) is 40.7 Å². The van der Waals surface area contributed by atoms with Crippen molar-refractivity contribution >= 4 is 23.5 Å². The Kier molecular flexibility index (Phi) is 4.23. The van der Waals surface area contributed by atoms with Crippen LogP contribution in [0.3, 0.4) is 0 Å². The summed E-state index contributed by atoms with van der Waals surface area (Å²) in [5.41, 5.74) is 0.503. The molecule has 0 bridgehead atoms. The van der Waals surface area contributed by atoms with Crippen LogP contribution in [0.15, 0.2) is 23.7 Å². The molecule has 0 atom stereocenters. The van der Waals surface area contributed by atoms with Crippen molar-refractivity contribution in [3.8, 4) is 0 Å². The fourth-order valence-electron chi connectivity index (χ4n) is 1.18. The first-order valence-corrected chi connectivity index (χ1v) is 5.12. The van der Waals surface area contributed by atoms with E-state index in [4.69, 9.17) is 16.7 Å². The third-order valence-corrected chi connectivity index (χ3v) is 2.12. The van der Waals surface area contributed by atoms with Crippen LogP contribution in [0.25, 0.3) is 0 Å². The number of hydrogen-bond acceptors (Lipinski definition) is 3. The van der Waals surface area contributed by atoms with Gasteiger partial charge in [-0.2, -0.15) is 0 Å². The Balaban J connectivity index is 2.86. The molecule has 1 rings (SSSR count). The predicted octanol–water partition coefficient (Wildman–Crippen LogP) is 1.57. The van der Waals surface area contributed by atoms with Gasteiger partial charge in [0.1, 0.15) is 5.69 Å². The second-order valence-corrected chi connectivity index (χ2v) is 3.87. The molecule has 0 saturated heterocycles. The molecule has 0 aliphatic rings. The van der Waals surface area contributed by atoms with Crippen LogP contribution in [0.5, 0.6) is 0 Å². The summed E-state index contributed by atoms with van der Waals surface area (Å²) in [5.74, 6) is -1.50. The third kappa shape index (κ3) is 3.57. The van der Waals surface area contributed by atoms with Crippen LogP contribution >= 0.6 is 11.6 Å². The lowest BCUT2D eigenvalue weighted by Crippen LogP contribution is -2.25. The summed E-state index contributed by atoms with van der Waals surface area (Å²) in [6.45, 7) is 5.10. The van der Waals surface area contributed by atoms with Crippen LogP contribution in [0.2, 0.25) is 0 Å². The molecule has 1 aromatic rings. The highest BCUT2D eigenvalue weighted by molar-refractivity contribution is 6.29. The number of amides is 1. The molecule has 0 aromatic carbocycles. The van der Waals surface area contributed by atoms with Gasteiger partial charge in [-0.3, -0.25) is 4.79 Å². The zero-order valence-electron chi connectivity index (χ0n) is 9.16. The molecule has 1 aromatic heterocycles. The Labute approximate surface area is 103 Å². The Hall–Kier alpha value is -1.88. The number of nitrogens with zero attached hydrogens (tertiary/aromatic N) is 1. The molecular weight excluding hydrogens is 244 g/mol. The number of hydrogen-bond donors (Lipinski definition) is 2. The molecule has 0 unspecified atom stereocenters. The maximum absolute atomic E-state index is 11.6. The zero-order chi connectivity index (χ0) is 13.0. The van der Waals surface area contributed by atoms with Gasteiger partial charge in [-0.05, 0) is 19.1 Å². The molecule has 0 fully saturated rings. The van der Waals surface area contributed by atoms with E-state index in [0.29, 0.717) is 5.03 Å². The summed E-state index contributed by atoms with van der Waals surface area (Å²) in [6.07, 6.45) is 0. The molecule has 0 spiro atoms. The largest absolute Gasteiger partial charge is 0.478 e. The normalized spacial score (nSPS) is 9.76. The first-order valence-electron chi connectivity index (χ1n) is 4.74. The standard InChI is InChI=1S/C11H11ClN2O3/c1-6(12)5-13-10(15)9-4-3-8(11(16)17)7(2)14-9/h3-4H,1,5H2,2H3,(H,13,15)(H,16,17). The minimum Gasteiger partial charge on any atom is -0.478 e. The van der Waals surface area contributed by atoms with Crippen LogP contribution in [0.1, 0.15) is 26.5 Å². The van der Waals surface area contributed by atoms with Crippen molar-refractivity contribution in [2.75, 3.05) is 6.54 Å². The van der Waals surface area contributed by atoms with Gasteiger partial charge in [-0.15, -0.1) is 0 Å². The highest BCUT2D eigenvalue weighted by Crippen LogP contribution is 2.07. The number of carbonyl (C=O) groups excluding carboxylic acids is 1. The van der Waals surface area contributed by atoms with E-state index in [1.165, 1.54) is 19.1 Å². The Morgan fingerprint density at radius 3 is 2.65 bits per heavy atom. The maximum atomic E-state index is 11.6. The van der Waals surface area contributed by atoms with E-state index in [9.17, 15) is 9.59 Å². The van der Waals surface area contributed by atoms with Crippen LogP contribution < -0.4 is 5.32 Å². The summed E-state index contributed by atoms with van der Waals surface area (Å²) in [6, 6.07) is 2.69.